The van der Waals surface area contributed by atoms with E-state index in [0.29, 0.717) is 11.9 Å². The zero-order valence-electron chi connectivity index (χ0n) is 12.4. The number of anilines is 3. The van der Waals surface area contributed by atoms with Crippen molar-refractivity contribution < 1.29 is 0 Å². The number of hydrogen-bond donors (Lipinski definition) is 2. The van der Waals surface area contributed by atoms with Crippen LogP contribution in [-0.2, 0) is 0 Å². The van der Waals surface area contributed by atoms with Gasteiger partial charge in [0.15, 0.2) is 0 Å². The van der Waals surface area contributed by atoms with E-state index >= 15 is 0 Å². The minimum Gasteiger partial charge on any atom is -0.357 e. The molecule has 0 radical (unpaired) electrons. The fourth-order valence-electron chi connectivity index (χ4n) is 2.70. The number of hydrogen-bond acceptors (Lipinski definition) is 6. The Hall–Kier alpha value is -1.59. The van der Waals surface area contributed by atoms with Gasteiger partial charge in [0, 0.05) is 26.7 Å². The molecule has 1 aromatic heterocycles. The van der Waals surface area contributed by atoms with Crippen molar-refractivity contribution in [3.05, 3.63) is 0 Å². The van der Waals surface area contributed by atoms with Gasteiger partial charge < -0.3 is 15.5 Å². The van der Waals surface area contributed by atoms with E-state index in [-0.39, 0.29) is 0 Å². The molecular formula is C14H24N6. The summed E-state index contributed by atoms with van der Waals surface area (Å²) in [5.41, 5.74) is 0. The summed E-state index contributed by atoms with van der Waals surface area (Å²) in [6, 6.07) is 0. The maximum absolute atomic E-state index is 4.58. The standard InChI is InChI=1S/C14H24N6/c1-10-8-11(10)9-16-13-17-12(15-2)18-14(19-13)20-6-4-3-5-7-20/h10-11H,3-9H2,1-2H3,(H2,15,16,17,18,19). The average Bonchev–Trinajstić information content (AvgIpc) is 3.21. The summed E-state index contributed by atoms with van der Waals surface area (Å²) in [4.78, 5) is 15.7. The quantitative estimate of drug-likeness (QED) is 0.857. The Bertz CT molecular complexity index is 457. The van der Waals surface area contributed by atoms with Crippen LogP contribution in [0.25, 0.3) is 0 Å². The van der Waals surface area contributed by atoms with Gasteiger partial charge in [0.2, 0.25) is 17.8 Å². The van der Waals surface area contributed by atoms with Crippen LogP contribution in [0.4, 0.5) is 17.8 Å². The highest BCUT2D eigenvalue weighted by atomic mass is 15.3. The number of nitrogens with one attached hydrogen (secondary N) is 2. The SMILES string of the molecule is CNc1nc(NCC2CC2C)nc(N2CCCCC2)n1. The van der Waals surface area contributed by atoms with Gasteiger partial charge in [-0.25, -0.2) is 0 Å². The molecule has 1 saturated heterocycles. The molecule has 2 aliphatic rings. The monoisotopic (exact) mass is 276 g/mol. The van der Waals surface area contributed by atoms with Crippen molar-refractivity contribution in [3.63, 3.8) is 0 Å². The highest BCUT2D eigenvalue weighted by Gasteiger charge is 2.32. The smallest absolute Gasteiger partial charge is 0.231 e. The van der Waals surface area contributed by atoms with Crippen LogP contribution in [0.3, 0.4) is 0 Å². The highest BCUT2D eigenvalue weighted by Crippen LogP contribution is 2.37. The van der Waals surface area contributed by atoms with Crippen molar-refractivity contribution in [2.75, 3.05) is 42.2 Å². The molecule has 1 aliphatic heterocycles. The first kappa shape index (κ1) is 13.4. The van der Waals surface area contributed by atoms with Crippen molar-refractivity contribution in [1.82, 2.24) is 15.0 Å². The van der Waals surface area contributed by atoms with Gasteiger partial charge in [-0.15, -0.1) is 0 Å². The summed E-state index contributed by atoms with van der Waals surface area (Å²) in [7, 11) is 1.85. The van der Waals surface area contributed by atoms with E-state index in [0.717, 1.165) is 37.4 Å². The molecule has 0 aromatic carbocycles. The van der Waals surface area contributed by atoms with Gasteiger partial charge in [0.25, 0.3) is 0 Å². The van der Waals surface area contributed by atoms with E-state index in [1.807, 2.05) is 7.05 Å². The van der Waals surface area contributed by atoms with E-state index in [4.69, 9.17) is 0 Å². The Morgan fingerprint density at radius 1 is 1.10 bits per heavy atom. The average molecular weight is 276 g/mol. The van der Waals surface area contributed by atoms with E-state index < -0.39 is 0 Å². The van der Waals surface area contributed by atoms with Gasteiger partial charge in [-0.1, -0.05) is 6.92 Å². The number of piperidine rings is 1. The lowest BCUT2D eigenvalue weighted by atomic mass is 10.1. The maximum atomic E-state index is 4.58. The first-order valence-electron chi connectivity index (χ1n) is 7.69. The first-order valence-corrected chi connectivity index (χ1v) is 7.69. The van der Waals surface area contributed by atoms with Gasteiger partial charge >= 0.3 is 0 Å². The Morgan fingerprint density at radius 2 is 1.80 bits per heavy atom. The van der Waals surface area contributed by atoms with Crippen molar-refractivity contribution in [3.8, 4) is 0 Å². The second kappa shape index (κ2) is 5.81. The van der Waals surface area contributed by atoms with Crippen molar-refractivity contribution in [1.29, 1.82) is 0 Å². The molecule has 3 rings (SSSR count). The summed E-state index contributed by atoms with van der Waals surface area (Å²) in [6.45, 7) is 5.35. The molecule has 2 unspecified atom stereocenters. The molecule has 6 nitrogen and oxygen atoms in total. The van der Waals surface area contributed by atoms with Crippen LogP contribution >= 0.6 is 0 Å². The molecule has 20 heavy (non-hydrogen) atoms. The summed E-state index contributed by atoms with van der Waals surface area (Å²) in [5, 5.41) is 6.39. The minimum atomic E-state index is 0.645. The molecule has 2 fully saturated rings. The Morgan fingerprint density at radius 3 is 2.45 bits per heavy atom. The van der Waals surface area contributed by atoms with E-state index in [1.165, 1.54) is 25.7 Å². The van der Waals surface area contributed by atoms with Gasteiger partial charge in [-0.3, -0.25) is 0 Å². The predicted octanol–water partition coefficient (Wildman–Crippen LogP) is 1.97. The fraction of sp³-hybridized carbons (Fsp3) is 0.786. The normalized spacial score (nSPS) is 25.4. The highest BCUT2D eigenvalue weighted by molar-refractivity contribution is 5.43. The molecule has 0 bridgehead atoms. The minimum absolute atomic E-state index is 0.645. The zero-order valence-corrected chi connectivity index (χ0v) is 12.4. The molecular weight excluding hydrogens is 252 g/mol. The second-order valence-corrected chi connectivity index (χ2v) is 5.93. The van der Waals surface area contributed by atoms with E-state index in [2.05, 4.69) is 37.4 Å². The zero-order chi connectivity index (χ0) is 13.9. The Kier molecular flexibility index (Phi) is 3.89. The number of nitrogens with zero attached hydrogens (tertiary/aromatic N) is 4. The molecule has 1 aliphatic carbocycles. The van der Waals surface area contributed by atoms with Gasteiger partial charge in [-0.2, -0.15) is 15.0 Å². The van der Waals surface area contributed by atoms with Crippen LogP contribution in [0.15, 0.2) is 0 Å². The third-order valence-electron chi connectivity index (χ3n) is 4.28. The van der Waals surface area contributed by atoms with Gasteiger partial charge in [-0.05, 0) is 37.5 Å². The molecule has 1 aromatic rings. The summed E-state index contributed by atoms with van der Waals surface area (Å²) >= 11 is 0. The van der Waals surface area contributed by atoms with Gasteiger partial charge in [0.05, 0.1) is 0 Å². The second-order valence-electron chi connectivity index (χ2n) is 5.93. The molecule has 2 heterocycles. The van der Waals surface area contributed by atoms with Gasteiger partial charge in [0.1, 0.15) is 0 Å². The van der Waals surface area contributed by atoms with Crippen LogP contribution in [-0.4, -0.2) is 41.6 Å². The van der Waals surface area contributed by atoms with Crippen LogP contribution < -0.4 is 15.5 Å². The van der Waals surface area contributed by atoms with E-state index in [9.17, 15) is 0 Å². The molecule has 1 saturated carbocycles. The Balaban J connectivity index is 1.71. The predicted molar refractivity (Wildman–Crippen MR) is 81.2 cm³/mol. The lowest BCUT2D eigenvalue weighted by Gasteiger charge is -2.26. The summed E-state index contributed by atoms with van der Waals surface area (Å²) in [5.74, 6) is 3.77. The van der Waals surface area contributed by atoms with Crippen LogP contribution in [0.1, 0.15) is 32.6 Å². The first-order chi connectivity index (χ1) is 9.76. The molecule has 0 spiro atoms. The molecule has 0 amide bonds. The lowest BCUT2D eigenvalue weighted by Crippen LogP contribution is -2.31. The molecule has 2 atom stereocenters. The largest absolute Gasteiger partial charge is 0.357 e. The lowest BCUT2D eigenvalue weighted by molar-refractivity contribution is 0.567. The van der Waals surface area contributed by atoms with E-state index in [1.54, 1.807) is 0 Å². The Labute approximate surface area is 120 Å². The van der Waals surface area contributed by atoms with Crippen LogP contribution in [0.5, 0.6) is 0 Å². The summed E-state index contributed by atoms with van der Waals surface area (Å²) in [6.07, 6.45) is 5.08. The fourth-order valence-corrected chi connectivity index (χ4v) is 2.70. The van der Waals surface area contributed by atoms with Crippen LogP contribution in [0.2, 0.25) is 0 Å². The third kappa shape index (κ3) is 3.11. The maximum Gasteiger partial charge on any atom is 0.231 e. The molecule has 6 heteroatoms. The third-order valence-corrected chi connectivity index (χ3v) is 4.28. The number of rotatable bonds is 5. The topological polar surface area (TPSA) is 66.0 Å². The van der Waals surface area contributed by atoms with Crippen molar-refractivity contribution in [2.24, 2.45) is 11.8 Å². The molecule has 110 valence electrons. The van der Waals surface area contributed by atoms with Crippen molar-refractivity contribution >= 4 is 17.8 Å². The summed E-state index contributed by atoms with van der Waals surface area (Å²) < 4.78 is 0. The molecule has 2 N–H and O–H groups in total. The van der Waals surface area contributed by atoms with Crippen molar-refractivity contribution in [2.45, 2.75) is 32.6 Å². The number of aromatic nitrogens is 3. The van der Waals surface area contributed by atoms with Crippen LogP contribution in [0, 0.1) is 11.8 Å².